The molecule has 2 aromatic carbocycles. The Bertz CT molecular complexity index is 1290. The smallest absolute Gasteiger partial charge is 0.407 e. The van der Waals surface area contributed by atoms with Gasteiger partial charge in [-0.25, -0.2) is 4.79 Å². The maximum atomic E-state index is 12.3. The van der Waals surface area contributed by atoms with Crippen LogP contribution >= 0.6 is 0 Å². The summed E-state index contributed by atoms with van der Waals surface area (Å²) in [7, 11) is 0. The molecule has 2 aromatic rings. The van der Waals surface area contributed by atoms with Crippen molar-refractivity contribution in [3.8, 4) is 11.1 Å². The minimum absolute atomic E-state index is 0.0455. The molecular formula is C43H67NO15. The van der Waals surface area contributed by atoms with E-state index >= 15 is 0 Å². The molecule has 0 saturated carbocycles. The first-order chi connectivity index (χ1) is 29.2. The zero-order chi connectivity index (χ0) is 41.7. The van der Waals surface area contributed by atoms with Gasteiger partial charge in [0.1, 0.15) is 6.61 Å². The van der Waals surface area contributed by atoms with Crippen LogP contribution in [0.1, 0.15) is 36.8 Å². The van der Waals surface area contributed by atoms with Gasteiger partial charge in [-0.1, -0.05) is 48.5 Å². The molecule has 3 rings (SSSR count). The van der Waals surface area contributed by atoms with Gasteiger partial charge in [-0.15, -0.1) is 0 Å². The third-order valence-electron chi connectivity index (χ3n) is 8.55. The molecule has 0 fully saturated rings. The van der Waals surface area contributed by atoms with Crippen LogP contribution in [0.5, 0.6) is 0 Å². The Morgan fingerprint density at radius 1 is 0.458 bits per heavy atom. The third-order valence-corrected chi connectivity index (χ3v) is 8.55. The van der Waals surface area contributed by atoms with E-state index in [1.807, 2.05) is 24.3 Å². The van der Waals surface area contributed by atoms with Crippen LogP contribution in [0.25, 0.3) is 11.1 Å². The van der Waals surface area contributed by atoms with Gasteiger partial charge in [0.2, 0.25) is 0 Å². The number of fused-ring (bicyclic) bond motifs is 3. The maximum Gasteiger partial charge on any atom is 0.407 e. The summed E-state index contributed by atoms with van der Waals surface area (Å²) in [5.41, 5.74) is 4.80. The average molecular weight is 838 g/mol. The highest BCUT2D eigenvalue weighted by Gasteiger charge is 2.29. The summed E-state index contributed by atoms with van der Waals surface area (Å²) in [5.74, 6) is -0.210. The van der Waals surface area contributed by atoms with Gasteiger partial charge in [0.25, 0.3) is 0 Å². The number of alkyl carbamates (subject to hydrolysis) is 1. The van der Waals surface area contributed by atoms with E-state index in [2.05, 4.69) is 29.6 Å². The van der Waals surface area contributed by atoms with Crippen molar-refractivity contribution >= 4 is 12.1 Å². The SMILES string of the molecule is CCOC(=O)CCOCCOCCOCCOCCOCCOCCOCCOCCOCCOCCOCCCNC(=O)OCC1c2ccccc2-c2ccccc21. The van der Waals surface area contributed by atoms with Crippen LogP contribution < -0.4 is 5.32 Å². The third kappa shape index (κ3) is 24.6. The molecule has 0 aliphatic heterocycles. The summed E-state index contributed by atoms with van der Waals surface area (Å²) in [4.78, 5) is 23.5. The standard InChI is InChI=1S/C43H67NO15/c1-2-58-42(45)12-15-48-17-19-50-21-23-52-25-27-54-29-31-56-33-35-57-34-32-55-30-28-53-26-24-51-22-20-49-18-16-47-14-7-13-44-43(46)59-36-41-39-10-5-3-8-37(39)38-9-4-6-11-40(38)41/h3-6,8-11,41H,2,7,12-36H2,1H3,(H,44,46). The fraction of sp³-hybridized carbons (Fsp3) is 0.674. The monoisotopic (exact) mass is 837 g/mol. The van der Waals surface area contributed by atoms with E-state index in [1.165, 1.54) is 22.3 Å². The molecule has 16 nitrogen and oxygen atoms in total. The van der Waals surface area contributed by atoms with E-state index in [9.17, 15) is 9.59 Å². The highest BCUT2D eigenvalue weighted by molar-refractivity contribution is 5.79. The normalized spacial score (nSPS) is 12.1. The zero-order valence-corrected chi connectivity index (χ0v) is 34.9. The fourth-order valence-corrected chi connectivity index (χ4v) is 5.70. The predicted molar refractivity (Wildman–Crippen MR) is 218 cm³/mol. The molecule has 16 heteroatoms. The number of carbonyl (C=O) groups is 2. The van der Waals surface area contributed by atoms with Crippen LogP contribution in [0.15, 0.2) is 48.5 Å². The quantitative estimate of drug-likeness (QED) is 0.0754. The van der Waals surface area contributed by atoms with Crippen molar-refractivity contribution in [2.45, 2.75) is 25.7 Å². The second-order valence-corrected chi connectivity index (χ2v) is 12.9. The largest absolute Gasteiger partial charge is 0.466 e. The summed E-state index contributed by atoms with van der Waals surface area (Å²) in [5, 5.41) is 2.80. The summed E-state index contributed by atoms with van der Waals surface area (Å²) in [6.07, 6.45) is 0.512. The lowest BCUT2D eigenvalue weighted by Gasteiger charge is -2.14. The number of rotatable bonds is 40. The Balaban J connectivity index is 0.927. The van der Waals surface area contributed by atoms with Gasteiger partial charge in [0, 0.05) is 19.1 Å². The van der Waals surface area contributed by atoms with Crippen molar-refractivity contribution in [2.24, 2.45) is 0 Å². The second-order valence-electron chi connectivity index (χ2n) is 12.9. The lowest BCUT2D eigenvalue weighted by Crippen LogP contribution is -2.27. The molecule has 334 valence electrons. The summed E-state index contributed by atoms with van der Waals surface area (Å²) in [6, 6.07) is 16.6. The number of esters is 1. The molecule has 59 heavy (non-hydrogen) atoms. The molecular weight excluding hydrogens is 770 g/mol. The lowest BCUT2D eigenvalue weighted by atomic mass is 9.98. The van der Waals surface area contributed by atoms with E-state index in [1.54, 1.807) is 6.92 Å². The Hall–Kier alpha value is -3.26. The Morgan fingerprint density at radius 3 is 1.17 bits per heavy atom. The topological polar surface area (TPSA) is 166 Å². The molecule has 0 spiro atoms. The molecule has 1 aliphatic carbocycles. The van der Waals surface area contributed by atoms with Crippen LogP contribution in [0.3, 0.4) is 0 Å². The number of hydrogen-bond donors (Lipinski definition) is 1. The molecule has 0 bridgehead atoms. The van der Waals surface area contributed by atoms with E-state index in [0.29, 0.717) is 172 Å². The molecule has 0 aromatic heterocycles. The number of ether oxygens (including phenoxy) is 13. The Labute approximate surface area is 349 Å². The second kappa shape index (κ2) is 35.5. The summed E-state index contributed by atoms with van der Waals surface area (Å²) < 4.78 is 70.6. The Morgan fingerprint density at radius 2 is 0.797 bits per heavy atom. The van der Waals surface area contributed by atoms with E-state index in [0.717, 1.165) is 0 Å². The summed E-state index contributed by atoms with van der Waals surface area (Å²) in [6.45, 7) is 13.3. The van der Waals surface area contributed by atoms with Gasteiger partial charge in [-0.3, -0.25) is 4.79 Å². The first-order valence-corrected chi connectivity index (χ1v) is 20.8. The van der Waals surface area contributed by atoms with Crippen molar-refractivity contribution in [1.29, 1.82) is 0 Å². The van der Waals surface area contributed by atoms with Crippen LogP contribution in [-0.4, -0.2) is 177 Å². The number of hydrogen-bond acceptors (Lipinski definition) is 15. The zero-order valence-electron chi connectivity index (χ0n) is 34.9. The molecule has 0 heterocycles. The summed E-state index contributed by atoms with van der Waals surface area (Å²) >= 11 is 0. The van der Waals surface area contributed by atoms with Gasteiger partial charge in [-0.05, 0) is 35.6 Å². The van der Waals surface area contributed by atoms with Crippen molar-refractivity contribution < 1.29 is 71.2 Å². The molecule has 1 amide bonds. The molecule has 1 aliphatic rings. The first-order valence-electron chi connectivity index (χ1n) is 20.8. The van der Waals surface area contributed by atoms with Crippen molar-refractivity contribution in [3.05, 3.63) is 59.7 Å². The van der Waals surface area contributed by atoms with Gasteiger partial charge < -0.3 is 66.9 Å². The van der Waals surface area contributed by atoms with Crippen molar-refractivity contribution in [2.75, 3.05) is 165 Å². The van der Waals surface area contributed by atoms with Gasteiger partial charge in [0.05, 0.1) is 152 Å². The first kappa shape index (κ1) is 50.1. The molecule has 0 saturated heterocycles. The lowest BCUT2D eigenvalue weighted by molar-refractivity contribution is -0.144. The molecule has 0 atom stereocenters. The van der Waals surface area contributed by atoms with Crippen molar-refractivity contribution in [3.63, 3.8) is 0 Å². The minimum Gasteiger partial charge on any atom is -0.466 e. The van der Waals surface area contributed by atoms with Gasteiger partial charge >= 0.3 is 12.1 Å². The van der Waals surface area contributed by atoms with Crippen molar-refractivity contribution in [1.82, 2.24) is 5.32 Å². The fourth-order valence-electron chi connectivity index (χ4n) is 5.70. The Kier molecular flexibility index (Phi) is 30.1. The highest BCUT2D eigenvalue weighted by atomic mass is 16.6. The van der Waals surface area contributed by atoms with Crippen LogP contribution in [0.2, 0.25) is 0 Å². The average Bonchev–Trinajstić information content (AvgIpc) is 3.57. The number of amides is 1. The van der Waals surface area contributed by atoms with Crippen LogP contribution in [0, 0.1) is 0 Å². The highest BCUT2D eigenvalue weighted by Crippen LogP contribution is 2.44. The van der Waals surface area contributed by atoms with Crippen LogP contribution in [-0.2, 0) is 66.4 Å². The van der Waals surface area contributed by atoms with Crippen LogP contribution in [0.4, 0.5) is 4.79 Å². The maximum absolute atomic E-state index is 12.3. The van der Waals surface area contributed by atoms with E-state index in [4.69, 9.17) is 61.6 Å². The van der Waals surface area contributed by atoms with E-state index in [-0.39, 0.29) is 18.3 Å². The molecule has 1 N–H and O–H groups in total. The van der Waals surface area contributed by atoms with Gasteiger partial charge in [-0.2, -0.15) is 0 Å². The number of nitrogens with one attached hydrogen (secondary N) is 1. The predicted octanol–water partition coefficient (Wildman–Crippen LogP) is 4.05. The number of benzene rings is 2. The van der Waals surface area contributed by atoms with E-state index < -0.39 is 6.09 Å². The minimum atomic E-state index is -0.419. The molecule has 0 radical (unpaired) electrons. The number of carbonyl (C=O) groups excluding carboxylic acids is 2. The van der Waals surface area contributed by atoms with Gasteiger partial charge in [0.15, 0.2) is 0 Å². The molecule has 0 unspecified atom stereocenters.